The number of anilines is 1. The Labute approximate surface area is 157 Å². The molecule has 132 valence electrons. The topological polar surface area (TPSA) is 83.9 Å². The van der Waals surface area contributed by atoms with Crippen LogP contribution in [-0.4, -0.2) is 35.6 Å². The summed E-state index contributed by atoms with van der Waals surface area (Å²) in [4.78, 5) is 18.4. The largest absolute Gasteiger partial charge is 0.290 e. The second kappa shape index (κ2) is 6.19. The van der Waals surface area contributed by atoms with Crippen LogP contribution in [0.15, 0.2) is 66.1 Å². The van der Waals surface area contributed by atoms with Crippen molar-refractivity contribution in [2.24, 2.45) is 0 Å². The SMILES string of the molecule is CN1Nc2ncc(-c3ccc4ncc(-c5ccncc5)nc4c3)cc2S1=O. The van der Waals surface area contributed by atoms with Crippen molar-refractivity contribution in [3.8, 4) is 22.4 Å². The summed E-state index contributed by atoms with van der Waals surface area (Å²) in [6.45, 7) is 0. The molecule has 1 unspecified atom stereocenters. The van der Waals surface area contributed by atoms with Crippen LogP contribution in [-0.2, 0) is 11.0 Å². The first-order valence-corrected chi connectivity index (χ1v) is 9.39. The number of hydrazine groups is 1. The van der Waals surface area contributed by atoms with E-state index in [1.54, 1.807) is 31.8 Å². The van der Waals surface area contributed by atoms with Crippen LogP contribution in [0.1, 0.15) is 0 Å². The average molecular weight is 374 g/mol. The van der Waals surface area contributed by atoms with Crippen LogP contribution < -0.4 is 5.43 Å². The lowest BCUT2D eigenvalue weighted by atomic mass is 10.1. The molecule has 27 heavy (non-hydrogen) atoms. The molecule has 8 heteroatoms. The molecule has 0 fully saturated rings. The molecule has 0 bridgehead atoms. The van der Waals surface area contributed by atoms with Gasteiger partial charge in [0.15, 0.2) is 5.82 Å². The smallest absolute Gasteiger partial charge is 0.158 e. The molecule has 0 radical (unpaired) electrons. The van der Waals surface area contributed by atoms with Gasteiger partial charge in [-0.2, -0.15) is 0 Å². The molecule has 3 aromatic heterocycles. The zero-order valence-corrected chi connectivity index (χ0v) is 15.1. The fourth-order valence-corrected chi connectivity index (χ4v) is 3.97. The van der Waals surface area contributed by atoms with E-state index in [4.69, 9.17) is 4.98 Å². The summed E-state index contributed by atoms with van der Waals surface area (Å²) in [6, 6.07) is 11.6. The van der Waals surface area contributed by atoms with Gasteiger partial charge in [0.1, 0.15) is 15.9 Å². The monoisotopic (exact) mass is 374 g/mol. The van der Waals surface area contributed by atoms with Crippen molar-refractivity contribution in [3.63, 3.8) is 0 Å². The molecular formula is C19H14N6OS. The van der Waals surface area contributed by atoms with E-state index in [9.17, 15) is 4.21 Å². The van der Waals surface area contributed by atoms with Crippen molar-refractivity contribution in [1.29, 1.82) is 0 Å². The van der Waals surface area contributed by atoms with E-state index in [0.29, 0.717) is 10.7 Å². The third-order valence-electron chi connectivity index (χ3n) is 4.40. The van der Waals surface area contributed by atoms with Gasteiger partial charge in [0, 0.05) is 36.8 Å². The minimum atomic E-state index is -1.26. The number of rotatable bonds is 2. The van der Waals surface area contributed by atoms with Gasteiger partial charge in [0.25, 0.3) is 0 Å². The second-order valence-corrected chi connectivity index (χ2v) is 7.61. The zero-order valence-electron chi connectivity index (χ0n) is 14.3. The predicted molar refractivity (Wildman–Crippen MR) is 104 cm³/mol. The van der Waals surface area contributed by atoms with Crippen LogP contribution >= 0.6 is 0 Å². The van der Waals surface area contributed by atoms with Gasteiger partial charge in [-0.3, -0.25) is 15.4 Å². The molecule has 1 N–H and O–H groups in total. The Morgan fingerprint density at radius 1 is 0.926 bits per heavy atom. The van der Waals surface area contributed by atoms with Crippen LogP contribution in [0.5, 0.6) is 0 Å². The maximum absolute atomic E-state index is 12.3. The highest BCUT2D eigenvalue weighted by molar-refractivity contribution is 7.83. The number of nitrogens with zero attached hydrogens (tertiary/aromatic N) is 5. The minimum absolute atomic E-state index is 0.625. The van der Waals surface area contributed by atoms with E-state index in [-0.39, 0.29) is 0 Å². The van der Waals surface area contributed by atoms with Gasteiger partial charge in [0.05, 0.1) is 22.9 Å². The number of aromatic nitrogens is 4. The number of nitrogens with one attached hydrogen (secondary N) is 1. The molecule has 1 aliphatic heterocycles. The van der Waals surface area contributed by atoms with Crippen LogP contribution in [0.2, 0.25) is 0 Å². The summed E-state index contributed by atoms with van der Waals surface area (Å²) < 4.78 is 13.8. The van der Waals surface area contributed by atoms with Gasteiger partial charge in [-0.05, 0) is 35.9 Å². The lowest BCUT2D eigenvalue weighted by Gasteiger charge is -2.06. The minimum Gasteiger partial charge on any atom is -0.290 e. The van der Waals surface area contributed by atoms with Gasteiger partial charge in [-0.15, -0.1) is 4.41 Å². The van der Waals surface area contributed by atoms with Crippen LogP contribution in [0.4, 0.5) is 5.82 Å². The maximum atomic E-state index is 12.3. The highest BCUT2D eigenvalue weighted by atomic mass is 32.2. The van der Waals surface area contributed by atoms with E-state index in [1.807, 2.05) is 36.4 Å². The molecule has 4 aromatic rings. The van der Waals surface area contributed by atoms with Crippen molar-refractivity contribution >= 4 is 27.8 Å². The summed E-state index contributed by atoms with van der Waals surface area (Å²) in [5.74, 6) is 0.625. The van der Waals surface area contributed by atoms with E-state index in [2.05, 4.69) is 20.4 Å². The molecule has 4 heterocycles. The maximum Gasteiger partial charge on any atom is 0.158 e. The van der Waals surface area contributed by atoms with Crippen LogP contribution in [0.3, 0.4) is 0 Å². The van der Waals surface area contributed by atoms with Gasteiger partial charge in [0.2, 0.25) is 0 Å². The number of benzene rings is 1. The van der Waals surface area contributed by atoms with Gasteiger partial charge in [-0.25, -0.2) is 14.2 Å². The van der Waals surface area contributed by atoms with Crippen molar-refractivity contribution < 1.29 is 4.21 Å². The first kappa shape index (κ1) is 16.0. The van der Waals surface area contributed by atoms with Gasteiger partial charge in [-0.1, -0.05) is 6.07 Å². The highest BCUT2D eigenvalue weighted by Gasteiger charge is 2.25. The molecule has 0 spiro atoms. The molecular weight excluding hydrogens is 360 g/mol. The third-order valence-corrected chi connectivity index (χ3v) is 5.68. The van der Waals surface area contributed by atoms with Gasteiger partial charge < -0.3 is 0 Å². The second-order valence-electron chi connectivity index (χ2n) is 6.12. The van der Waals surface area contributed by atoms with Crippen molar-refractivity contribution in [3.05, 3.63) is 61.2 Å². The molecule has 7 nitrogen and oxygen atoms in total. The number of hydrogen-bond donors (Lipinski definition) is 1. The summed E-state index contributed by atoms with van der Waals surface area (Å²) in [6.07, 6.45) is 7.00. The normalized spacial score (nSPS) is 16.3. The molecule has 5 rings (SSSR count). The molecule has 0 aliphatic carbocycles. The van der Waals surface area contributed by atoms with E-state index in [0.717, 1.165) is 33.4 Å². The Hall–Kier alpha value is -3.23. The fourth-order valence-electron chi connectivity index (χ4n) is 3.01. The summed E-state index contributed by atoms with van der Waals surface area (Å²) in [5, 5.41) is 0. The lowest BCUT2D eigenvalue weighted by molar-refractivity contribution is 0.609. The number of pyridine rings is 2. The fraction of sp³-hybridized carbons (Fsp3) is 0.0526. The summed E-state index contributed by atoms with van der Waals surface area (Å²) in [7, 11) is 0.469. The Morgan fingerprint density at radius 2 is 1.78 bits per heavy atom. The molecule has 1 aromatic carbocycles. The zero-order chi connectivity index (χ0) is 18.4. The Bertz CT molecular complexity index is 1200. The molecule has 0 amide bonds. The Kier molecular flexibility index (Phi) is 3.66. The summed E-state index contributed by atoms with van der Waals surface area (Å²) in [5.41, 5.74) is 8.18. The number of hydrogen-bond acceptors (Lipinski definition) is 6. The lowest BCUT2D eigenvalue weighted by Crippen LogP contribution is -2.19. The van der Waals surface area contributed by atoms with Crippen molar-refractivity contribution in [1.82, 2.24) is 24.4 Å². The van der Waals surface area contributed by atoms with Crippen LogP contribution in [0.25, 0.3) is 33.4 Å². The first-order valence-electron chi connectivity index (χ1n) is 8.29. The number of fused-ring (bicyclic) bond motifs is 2. The Morgan fingerprint density at radius 3 is 2.63 bits per heavy atom. The average Bonchev–Trinajstić information content (AvgIpc) is 3.01. The standard InChI is InChI=1S/C19H14N6OS/c1-25-24-19-18(27(25)26)9-14(10-22-19)13-2-3-15-16(8-13)23-17(11-21-15)12-4-6-20-7-5-12/h2-11H,1H3,(H,22,24). The molecule has 0 saturated heterocycles. The van der Waals surface area contributed by atoms with E-state index in [1.165, 1.54) is 4.41 Å². The Balaban J connectivity index is 1.60. The molecule has 1 atom stereocenters. The van der Waals surface area contributed by atoms with E-state index < -0.39 is 11.0 Å². The van der Waals surface area contributed by atoms with Crippen molar-refractivity contribution in [2.45, 2.75) is 4.90 Å². The molecule has 1 aliphatic rings. The van der Waals surface area contributed by atoms with Gasteiger partial charge >= 0.3 is 0 Å². The summed E-state index contributed by atoms with van der Waals surface area (Å²) >= 11 is 0. The van der Waals surface area contributed by atoms with E-state index >= 15 is 0 Å². The highest BCUT2D eigenvalue weighted by Crippen LogP contribution is 2.31. The first-order chi connectivity index (χ1) is 13.2. The van der Waals surface area contributed by atoms with Crippen molar-refractivity contribution in [2.75, 3.05) is 12.5 Å². The van der Waals surface area contributed by atoms with Crippen LogP contribution in [0, 0.1) is 0 Å². The predicted octanol–water partition coefficient (Wildman–Crippen LogP) is 3.05. The molecule has 0 saturated carbocycles. The third kappa shape index (κ3) is 2.75. The quantitative estimate of drug-likeness (QED) is 0.581.